The Balaban J connectivity index is 2.20. The van der Waals surface area contributed by atoms with Gasteiger partial charge in [-0.3, -0.25) is 0 Å². The molecule has 0 amide bonds. The van der Waals surface area contributed by atoms with E-state index in [1.54, 1.807) is 24.4 Å². The Hall–Kier alpha value is -2.43. The van der Waals surface area contributed by atoms with Crippen molar-refractivity contribution in [3.63, 3.8) is 0 Å². The van der Waals surface area contributed by atoms with E-state index >= 15 is 0 Å². The van der Waals surface area contributed by atoms with Crippen LogP contribution in [0, 0.1) is 5.82 Å². The lowest BCUT2D eigenvalue weighted by Gasteiger charge is -2.06. The zero-order valence-electron chi connectivity index (χ0n) is 10.4. The number of esters is 1. The first-order valence-corrected chi connectivity index (χ1v) is 5.67. The molecule has 2 rings (SSSR count). The van der Waals surface area contributed by atoms with Crippen LogP contribution in [-0.4, -0.2) is 18.1 Å². The van der Waals surface area contributed by atoms with Crippen molar-refractivity contribution in [2.45, 2.75) is 6.42 Å². The van der Waals surface area contributed by atoms with Crippen LogP contribution in [0.3, 0.4) is 0 Å². The van der Waals surface area contributed by atoms with E-state index in [1.165, 1.54) is 19.2 Å². The first kappa shape index (κ1) is 13.0. The summed E-state index contributed by atoms with van der Waals surface area (Å²) < 4.78 is 17.4. The molecule has 0 saturated carbocycles. The molecule has 0 atom stereocenters. The lowest BCUT2D eigenvalue weighted by atomic mass is 10.1. The van der Waals surface area contributed by atoms with Gasteiger partial charge in [0, 0.05) is 6.20 Å². The third-order valence-electron chi connectivity index (χ3n) is 2.67. The molecule has 1 heterocycles. The first-order chi connectivity index (χ1) is 9.10. The number of hydrogen-bond donors (Lipinski definition) is 1. The Morgan fingerprint density at radius 3 is 2.58 bits per heavy atom. The average Bonchev–Trinajstić information content (AvgIpc) is 2.41. The lowest BCUT2D eigenvalue weighted by molar-refractivity contribution is 0.0595. The number of nitrogens with two attached hydrogens (primary N) is 1. The summed E-state index contributed by atoms with van der Waals surface area (Å²) in [6, 6.07) is 7.85. The van der Waals surface area contributed by atoms with Gasteiger partial charge in [0.15, 0.2) is 5.69 Å². The molecule has 1 aromatic carbocycles. The summed E-state index contributed by atoms with van der Waals surface area (Å²) in [6.45, 7) is 0. The smallest absolute Gasteiger partial charge is 0.358 e. The average molecular weight is 260 g/mol. The van der Waals surface area contributed by atoms with Gasteiger partial charge < -0.3 is 10.5 Å². The SMILES string of the molecule is COC(=O)c1ncc(Cc2ccc(F)cc2)cc1N. The Morgan fingerprint density at radius 1 is 1.32 bits per heavy atom. The minimum absolute atomic E-state index is 0.102. The summed E-state index contributed by atoms with van der Waals surface area (Å²) in [6.07, 6.45) is 2.13. The summed E-state index contributed by atoms with van der Waals surface area (Å²) in [4.78, 5) is 15.3. The molecule has 0 fully saturated rings. The van der Waals surface area contributed by atoms with Crippen LogP contribution in [0.1, 0.15) is 21.6 Å². The zero-order chi connectivity index (χ0) is 13.8. The highest BCUT2D eigenvalue weighted by Gasteiger charge is 2.12. The predicted octanol–water partition coefficient (Wildman–Crippen LogP) is 2.18. The molecule has 0 aliphatic heterocycles. The van der Waals surface area contributed by atoms with Gasteiger partial charge >= 0.3 is 5.97 Å². The van der Waals surface area contributed by atoms with Crippen molar-refractivity contribution in [3.8, 4) is 0 Å². The Labute approximate surface area is 110 Å². The van der Waals surface area contributed by atoms with Crippen LogP contribution < -0.4 is 5.73 Å². The third kappa shape index (κ3) is 3.07. The van der Waals surface area contributed by atoms with Crippen LogP contribution in [0.15, 0.2) is 36.5 Å². The highest BCUT2D eigenvalue weighted by atomic mass is 19.1. The molecular formula is C14H13FN2O2. The number of nitrogen functional groups attached to an aromatic ring is 1. The standard InChI is InChI=1S/C14H13FN2O2/c1-19-14(18)13-12(16)7-10(8-17-13)6-9-2-4-11(15)5-3-9/h2-5,7-8H,6,16H2,1H3. The number of rotatable bonds is 3. The maximum absolute atomic E-state index is 12.8. The molecule has 5 heteroatoms. The van der Waals surface area contributed by atoms with Crippen LogP contribution in [0.4, 0.5) is 10.1 Å². The summed E-state index contributed by atoms with van der Waals surface area (Å²) in [7, 11) is 1.27. The van der Waals surface area contributed by atoms with Gasteiger partial charge in [0.2, 0.25) is 0 Å². The molecule has 0 bridgehead atoms. The number of hydrogen-bond acceptors (Lipinski definition) is 4. The second kappa shape index (κ2) is 5.48. The van der Waals surface area contributed by atoms with Crippen LogP contribution in [0.2, 0.25) is 0 Å². The highest BCUT2D eigenvalue weighted by Crippen LogP contribution is 2.15. The van der Waals surface area contributed by atoms with Gasteiger partial charge in [-0.05, 0) is 35.7 Å². The molecule has 1 aromatic heterocycles. The summed E-state index contributed by atoms with van der Waals surface area (Å²) in [5.74, 6) is -0.840. The summed E-state index contributed by atoms with van der Waals surface area (Å²) in [5, 5.41) is 0. The topological polar surface area (TPSA) is 65.2 Å². The number of benzene rings is 1. The molecule has 0 unspecified atom stereocenters. The molecule has 0 radical (unpaired) electrons. The van der Waals surface area contributed by atoms with E-state index in [-0.39, 0.29) is 17.2 Å². The van der Waals surface area contributed by atoms with Crippen LogP contribution in [-0.2, 0) is 11.2 Å². The van der Waals surface area contributed by atoms with Gasteiger partial charge in [0.1, 0.15) is 5.82 Å². The molecule has 2 N–H and O–H groups in total. The third-order valence-corrected chi connectivity index (χ3v) is 2.67. The fourth-order valence-electron chi connectivity index (χ4n) is 1.73. The quantitative estimate of drug-likeness (QED) is 0.859. The number of aromatic nitrogens is 1. The van der Waals surface area contributed by atoms with Gasteiger partial charge in [-0.15, -0.1) is 0 Å². The minimum atomic E-state index is -0.564. The fourth-order valence-corrected chi connectivity index (χ4v) is 1.73. The van der Waals surface area contributed by atoms with E-state index < -0.39 is 5.97 Å². The van der Waals surface area contributed by atoms with Gasteiger partial charge in [0.05, 0.1) is 12.8 Å². The minimum Gasteiger partial charge on any atom is -0.464 e. The second-order valence-electron chi connectivity index (χ2n) is 4.08. The summed E-state index contributed by atoms with van der Waals surface area (Å²) in [5.41, 5.74) is 7.91. The largest absolute Gasteiger partial charge is 0.464 e. The number of carbonyl (C=O) groups excluding carboxylic acids is 1. The monoisotopic (exact) mass is 260 g/mol. The van der Waals surface area contributed by atoms with E-state index in [2.05, 4.69) is 9.72 Å². The normalized spacial score (nSPS) is 10.2. The Morgan fingerprint density at radius 2 is 2.00 bits per heavy atom. The number of pyridine rings is 1. The van der Waals surface area contributed by atoms with Crippen molar-refractivity contribution >= 4 is 11.7 Å². The zero-order valence-corrected chi connectivity index (χ0v) is 10.4. The molecule has 19 heavy (non-hydrogen) atoms. The Kier molecular flexibility index (Phi) is 3.75. The molecule has 0 saturated heterocycles. The van der Waals surface area contributed by atoms with Crippen molar-refractivity contribution < 1.29 is 13.9 Å². The van der Waals surface area contributed by atoms with E-state index in [4.69, 9.17) is 5.73 Å². The molecular weight excluding hydrogens is 247 g/mol. The van der Waals surface area contributed by atoms with Gasteiger partial charge in [-0.2, -0.15) is 0 Å². The van der Waals surface area contributed by atoms with Crippen LogP contribution in [0.5, 0.6) is 0 Å². The van der Waals surface area contributed by atoms with Crippen molar-refractivity contribution in [3.05, 3.63) is 59.2 Å². The Bertz CT molecular complexity index is 597. The summed E-state index contributed by atoms with van der Waals surface area (Å²) >= 11 is 0. The van der Waals surface area contributed by atoms with Crippen molar-refractivity contribution in [1.29, 1.82) is 0 Å². The maximum Gasteiger partial charge on any atom is 0.358 e. The molecule has 0 aliphatic rings. The van der Waals surface area contributed by atoms with Crippen molar-refractivity contribution in [1.82, 2.24) is 4.98 Å². The van der Waals surface area contributed by atoms with Crippen molar-refractivity contribution in [2.24, 2.45) is 0 Å². The number of carbonyl (C=O) groups is 1. The van der Waals surface area contributed by atoms with E-state index in [9.17, 15) is 9.18 Å². The molecule has 0 spiro atoms. The molecule has 98 valence electrons. The number of anilines is 1. The number of nitrogens with zero attached hydrogens (tertiary/aromatic N) is 1. The lowest BCUT2D eigenvalue weighted by Crippen LogP contribution is -2.09. The second-order valence-corrected chi connectivity index (χ2v) is 4.08. The highest BCUT2D eigenvalue weighted by molar-refractivity contribution is 5.92. The first-order valence-electron chi connectivity index (χ1n) is 5.67. The van der Waals surface area contributed by atoms with Crippen molar-refractivity contribution in [2.75, 3.05) is 12.8 Å². The van der Waals surface area contributed by atoms with Gasteiger partial charge in [-0.25, -0.2) is 14.2 Å². The van der Waals surface area contributed by atoms with E-state index in [0.29, 0.717) is 6.42 Å². The number of ether oxygens (including phenoxy) is 1. The maximum atomic E-state index is 12.8. The predicted molar refractivity (Wildman–Crippen MR) is 69.2 cm³/mol. The van der Waals surface area contributed by atoms with E-state index in [1.807, 2.05) is 0 Å². The molecule has 4 nitrogen and oxygen atoms in total. The van der Waals surface area contributed by atoms with Gasteiger partial charge in [-0.1, -0.05) is 12.1 Å². The van der Waals surface area contributed by atoms with Crippen LogP contribution >= 0.6 is 0 Å². The molecule has 2 aromatic rings. The number of halogens is 1. The molecule has 0 aliphatic carbocycles. The van der Waals surface area contributed by atoms with Crippen LogP contribution in [0.25, 0.3) is 0 Å². The van der Waals surface area contributed by atoms with E-state index in [0.717, 1.165) is 11.1 Å². The fraction of sp³-hybridized carbons (Fsp3) is 0.143. The number of methoxy groups -OCH3 is 1. The van der Waals surface area contributed by atoms with Gasteiger partial charge in [0.25, 0.3) is 0 Å².